The molecule has 0 aliphatic carbocycles. The molecular formula is C20H20ClN2O+. The number of nitrogens with zero attached hydrogens (tertiary/aromatic N) is 2. The Morgan fingerprint density at radius 3 is 2.58 bits per heavy atom. The molecule has 24 heavy (non-hydrogen) atoms. The maximum absolute atomic E-state index is 6.02. The monoisotopic (exact) mass is 339 g/mol. The van der Waals surface area contributed by atoms with E-state index in [9.17, 15) is 0 Å². The fourth-order valence-corrected chi connectivity index (χ4v) is 4.02. The minimum Gasteiger partial charge on any atom is -0.497 e. The molecule has 0 bridgehead atoms. The number of benzene rings is 2. The molecule has 122 valence electrons. The summed E-state index contributed by atoms with van der Waals surface area (Å²) >= 11 is 6.02. The van der Waals surface area contributed by atoms with E-state index in [2.05, 4.69) is 49.9 Å². The van der Waals surface area contributed by atoms with E-state index in [1.807, 2.05) is 16.8 Å². The number of halogens is 1. The van der Waals surface area contributed by atoms with Crippen LogP contribution in [0.3, 0.4) is 0 Å². The molecule has 2 aromatic heterocycles. The highest BCUT2D eigenvalue weighted by Crippen LogP contribution is 2.38. The van der Waals surface area contributed by atoms with Crippen molar-refractivity contribution in [2.45, 2.75) is 19.9 Å². The first-order valence-electron chi connectivity index (χ1n) is 8.01. The van der Waals surface area contributed by atoms with Crippen LogP contribution in [0.4, 0.5) is 0 Å². The SMILES string of the molecule is COc1ccc2c(c1)c1c(C)c3c[n+](CCl)ccc3c(C)c1n2C. The fourth-order valence-electron chi connectivity index (χ4n) is 3.87. The van der Waals surface area contributed by atoms with Crippen molar-refractivity contribution in [3.8, 4) is 5.75 Å². The van der Waals surface area contributed by atoms with Crippen molar-refractivity contribution in [3.05, 3.63) is 47.8 Å². The molecule has 4 aromatic rings. The van der Waals surface area contributed by atoms with Gasteiger partial charge in [0.25, 0.3) is 0 Å². The summed E-state index contributed by atoms with van der Waals surface area (Å²) in [4.78, 5) is 0. The summed E-state index contributed by atoms with van der Waals surface area (Å²) in [5.74, 6) is 0.885. The van der Waals surface area contributed by atoms with E-state index in [0.717, 1.165) is 5.75 Å². The lowest BCUT2D eigenvalue weighted by molar-refractivity contribution is -0.677. The van der Waals surface area contributed by atoms with Crippen LogP contribution < -0.4 is 9.30 Å². The molecule has 0 atom stereocenters. The first-order valence-corrected chi connectivity index (χ1v) is 8.54. The highest BCUT2D eigenvalue weighted by molar-refractivity contribution is 6.17. The molecule has 3 nitrogen and oxygen atoms in total. The summed E-state index contributed by atoms with van der Waals surface area (Å²) in [5, 5.41) is 5.05. The van der Waals surface area contributed by atoms with Crippen LogP contribution in [0, 0.1) is 13.8 Å². The van der Waals surface area contributed by atoms with Crippen LogP contribution in [0.2, 0.25) is 0 Å². The zero-order valence-electron chi connectivity index (χ0n) is 14.4. The Hall–Kier alpha value is -2.26. The number of pyridine rings is 1. The minimum absolute atomic E-state index is 0.454. The lowest BCUT2D eigenvalue weighted by Gasteiger charge is -2.09. The van der Waals surface area contributed by atoms with E-state index in [4.69, 9.17) is 16.3 Å². The summed E-state index contributed by atoms with van der Waals surface area (Å²) in [7, 11) is 3.85. The second kappa shape index (κ2) is 5.38. The first kappa shape index (κ1) is 15.3. The van der Waals surface area contributed by atoms with Crippen molar-refractivity contribution in [2.75, 3.05) is 7.11 Å². The normalized spacial score (nSPS) is 11.7. The molecule has 0 amide bonds. The fraction of sp³-hybridized carbons (Fsp3) is 0.250. The Balaban J connectivity index is 2.28. The van der Waals surface area contributed by atoms with Gasteiger partial charge in [-0.15, -0.1) is 0 Å². The van der Waals surface area contributed by atoms with Crippen molar-refractivity contribution in [1.82, 2.24) is 4.57 Å². The Morgan fingerprint density at radius 1 is 1.08 bits per heavy atom. The van der Waals surface area contributed by atoms with E-state index in [1.165, 1.54) is 43.7 Å². The average molecular weight is 340 g/mol. The van der Waals surface area contributed by atoms with Crippen LogP contribution in [0.25, 0.3) is 32.6 Å². The highest BCUT2D eigenvalue weighted by Gasteiger charge is 2.18. The van der Waals surface area contributed by atoms with Crippen molar-refractivity contribution in [1.29, 1.82) is 0 Å². The molecule has 0 saturated carbocycles. The van der Waals surface area contributed by atoms with Crippen LogP contribution in [0.5, 0.6) is 5.75 Å². The van der Waals surface area contributed by atoms with Gasteiger partial charge in [0.05, 0.1) is 12.6 Å². The second-order valence-electron chi connectivity index (χ2n) is 6.32. The Labute approximate surface area is 146 Å². The van der Waals surface area contributed by atoms with E-state index in [0.29, 0.717) is 6.00 Å². The van der Waals surface area contributed by atoms with Gasteiger partial charge in [-0.1, -0.05) is 11.6 Å². The maximum Gasteiger partial charge on any atom is 0.222 e. The molecule has 0 radical (unpaired) electrons. The Bertz CT molecular complexity index is 1110. The van der Waals surface area contributed by atoms with Gasteiger partial charge in [0.1, 0.15) is 5.75 Å². The van der Waals surface area contributed by atoms with Crippen LogP contribution in [-0.4, -0.2) is 11.7 Å². The van der Waals surface area contributed by atoms with Gasteiger partial charge < -0.3 is 9.30 Å². The minimum atomic E-state index is 0.454. The quantitative estimate of drug-likeness (QED) is 0.386. The zero-order chi connectivity index (χ0) is 17.0. The molecule has 0 spiro atoms. The number of hydrogen-bond donors (Lipinski definition) is 0. The van der Waals surface area contributed by atoms with Crippen molar-refractivity contribution in [3.63, 3.8) is 0 Å². The standard InChI is InChI=1S/C20H20ClN2O/c1-12-17-10-23(11-21)8-7-15(17)13(2)20-19(12)16-9-14(24-4)5-6-18(16)22(20)3/h5-10H,11H2,1-4H3/q+1. The number of hydrogen-bond acceptors (Lipinski definition) is 1. The van der Waals surface area contributed by atoms with Gasteiger partial charge in [0.2, 0.25) is 6.00 Å². The van der Waals surface area contributed by atoms with Gasteiger partial charge in [-0.05, 0) is 48.6 Å². The summed E-state index contributed by atoms with van der Waals surface area (Å²) in [6.07, 6.45) is 4.18. The molecule has 0 aliphatic heterocycles. The molecule has 2 heterocycles. The smallest absolute Gasteiger partial charge is 0.222 e. The van der Waals surface area contributed by atoms with E-state index < -0.39 is 0 Å². The van der Waals surface area contributed by atoms with Crippen LogP contribution in [0.15, 0.2) is 36.7 Å². The predicted octanol–water partition coefficient (Wildman–Crippen LogP) is 4.59. The lowest BCUT2D eigenvalue weighted by Crippen LogP contribution is -2.29. The molecular weight excluding hydrogens is 320 g/mol. The number of methoxy groups -OCH3 is 1. The molecule has 0 fully saturated rings. The van der Waals surface area contributed by atoms with Crippen LogP contribution in [0.1, 0.15) is 11.1 Å². The van der Waals surface area contributed by atoms with Gasteiger partial charge in [-0.3, -0.25) is 0 Å². The highest BCUT2D eigenvalue weighted by atomic mass is 35.5. The third-order valence-corrected chi connectivity index (χ3v) is 5.38. The van der Waals surface area contributed by atoms with Crippen molar-refractivity contribution in [2.24, 2.45) is 7.05 Å². The number of rotatable bonds is 2. The summed E-state index contributed by atoms with van der Waals surface area (Å²) in [6, 6.07) is 8.91. The molecule has 0 aliphatic rings. The van der Waals surface area contributed by atoms with E-state index >= 15 is 0 Å². The second-order valence-corrected chi connectivity index (χ2v) is 6.56. The molecule has 0 unspecified atom stereocenters. The summed E-state index contributed by atoms with van der Waals surface area (Å²) in [6.45, 7) is 4.40. The number of fused-ring (bicyclic) bond motifs is 4. The molecule has 0 saturated heterocycles. The third-order valence-electron chi connectivity index (χ3n) is 5.10. The average Bonchev–Trinajstić information content (AvgIpc) is 2.91. The van der Waals surface area contributed by atoms with Crippen molar-refractivity contribution >= 4 is 44.2 Å². The predicted molar refractivity (Wildman–Crippen MR) is 100 cm³/mol. The Morgan fingerprint density at radius 2 is 1.88 bits per heavy atom. The van der Waals surface area contributed by atoms with Gasteiger partial charge in [-0.2, -0.15) is 4.57 Å². The summed E-state index contributed by atoms with van der Waals surface area (Å²) in [5.41, 5.74) is 5.08. The maximum atomic E-state index is 6.02. The van der Waals surface area contributed by atoms with E-state index in [1.54, 1.807) is 7.11 Å². The van der Waals surface area contributed by atoms with E-state index in [-0.39, 0.29) is 0 Å². The third kappa shape index (κ3) is 1.94. The number of ether oxygens (including phenoxy) is 1. The van der Waals surface area contributed by atoms with Gasteiger partial charge in [-0.25, -0.2) is 0 Å². The number of aryl methyl sites for hydroxylation is 3. The zero-order valence-corrected chi connectivity index (χ0v) is 15.1. The molecule has 4 heteroatoms. The van der Waals surface area contributed by atoms with Crippen molar-refractivity contribution < 1.29 is 9.30 Å². The number of aromatic nitrogens is 2. The van der Waals surface area contributed by atoms with Gasteiger partial charge in [0.15, 0.2) is 12.4 Å². The number of alkyl halides is 1. The van der Waals surface area contributed by atoms with Gasteiger partial charge in [0, 0.05) is 34.8 Å². The first-order chi connectivity index (χ1) is 11.6. The van der Waals surface area contributed by atoms with Crippen LogP contribution in [-0.2, 0) is 13.1 Å². The topological polar surface area (TPSA) is 18.0 Å². The van der Waals surface area contributed by atoms with Crippen LogP contribution >= 0.6 is 11.6 Å². The molecule has 0 N–H and O–H groups in total. The molecule has 2 aromatic carbocycles. The largest absolute Gasteiger partial charge is 0.497 e. The molecule has 4 rings (SSSR count). The Kier molecular flexibility index (Phi) is 3.43. The van der Waals surface area contributed by atoms with Gasteiger partial charge >= 0.3 is 0 Å². The summed E-state index contributed by atoms with van der Waals surface area (Å²) < 4.78 is 9.74. The lowest BCUT2D eigenvalue weighted by atomic mass is 9.97.